The highest BCUT2D eigenvalue weighted by Gasteiger charge is 2.25. The number of nitrogens with zero attached hydrogens (tertiary/aromatic N) is 1. The second kappa shape index (κ2) is 6.42. The van der Waals surface area contributed by atoms with Gasteiger partial charge in [0.05, 0.1) is 17.1 Å². The maximum Gasteiger partial charge on any atom is 0.324 e. The van der Waals surface area contributed by atoms with Crippen molar-refractivity contribution < 1.29 is 27.4 Å². The van der Waals surface area contributed by atoms with Gasteiger partial charge < -0.3 is 9.84 Å². The van der Waals surface area contributed by atoms with Crippen molar-refractivity contribution in [3.63, 3.8) is 0 Å². The van der Waals surface area contributed by atoms with E-state index in [0.29, 0.717) is 0 Å². The molecule has 7 nitrogen and oxygen atoms in total. The lowest BCUT2D eigenvalue weighted by Crippen LogP contribution is -2.43. The molecular weight excluding hydrogens is 291 g/mol. The Balaban J connectivity index is 3.11. The van der Waals surface area contributed by atoms with E-state index in [2.05, 4.69) is 4.74 Å². The van der Waals surface area contributed by atoms with E-state index in [9.17, 15) is 17.6 Å². The van der Waals surface area contributed by atoms with Crippen LogP contribution in [0.2, 0.25) is 0 Å². The summed E-state index contributed by atoms with van der Waals surface area (Å²) < 4.78 is 43.5. The van der Waals surface area contributed by atoms with Gasteiger partial charge in [0.1, 0.15) is 17.9 Å². The number of nitriles is 1. The van der Waals surface area contributed by atoms with Gasteiger partial charge in [-0.3, -0.25) is 4.79 Å². The van der Waals surface area contributed by atoms with Crippen molar-refractivity contribution in [1.29, 1.82) is 5.26 Å². The Morgan fingerprint density at radius 1 is 1.60 bits per heavy atom. The van der Waals surface area contributed by atoms with E-state index in [1.165, 1.54) is 13.2 Å². The predicted octanol–water partition coefficient (Wildman–Crippen LogP) is 0.0753. The van der Waals surface area contributed by atoms with Crippen molar-refractivity contribution in [3.8, 4) is 6.07 Å². The lowest BCUT2D eigenvalue weighted by Gasteiger charge is -2.14. The molecule has 1 aromatic carbocycles. The molecule has 0 saturated carbocycles. The highest BCUT2D eigenvalue weighted by atomic mass is 32.2. The van der Waals surface area contributed by atoms with Gasteiger partial charge in [0.25, 0.3) is 0 Å². The standard InChI is InChI=1S/C11H11FN2O5S/c1-19-6-10(11(15)16)14-20(17,18)8-2-3-9(12)7(4-8)5-13/h2-4,10,14H,6H2,1H3,(H,15,16). The molecule has 0 aliphatic carbocycles. The lowest BCUT2D eigenvalue weighted by atomic mass is 10.2. The van der Waals surface area contributed by atoms with Gasteiger partial charge in [-0.1, -0.05) is 0 Å². The molecule has 20 heavy (non-hydrogen) atoms. The smallest absolute Gasteiger partial charge is 0.324 e. The molecule has 2 N–H and O–H groups in total. The number of aliphatic carboxylic acids is 1. The molecule has 0 aliphatic heterocycles. The quantitative estimate of drug-likeness (QED) is 0.768. The minimum absolute atomic E-state index is 0.374. The van der Waals surface area contributed by atoms with Crippen LogP contribution in [0.4, 0.5) is 4.39 Å². The zero-order valence-electron chi connectivity index (χ0n) is 10.3. The van der Waals surface area contributed by atoms with Crippen LogP contribution in [-0.4, -0.2) is 39.3 Å². The first-order chi connectivity index (χ1) is 9.31. The van der Waals surface area contributed by atoms with E-state index in [1.54, 1.807) is 0 Å². The molecule has 0 spiro atoms. The fourth-order valence-electron chi connectivity index (χ4n) is 1.33. The third-order valence-corrected chi connectivity index (χ3v) is 3.77. The van der Waals surface area contributed by atoms with Gasteiger partial charge in [0.15, 0.2) is 0 Å². The molecule has 0 radical (unpaired) electrons. The van der Waals surface area contributed by atoms with Crippen LogP contribution < -0.4 is 4.72 Å². The number of halogens is 1. The van der Waals surface area contributed by atoms with E-state index >= 15 is 0 Å². The second-order valence-electron chi connectivity index (χ2n) is 3.72. The monoisotopic (exact) mass is 302 g/mol. The number of methoxy groups -OCH3 is 1. The Hall–Kier alpha value is -2.02. The Kier molecular flexibility index (Phi) is 5.15. The van der Waals surface area contributed by atoms with Gasteiger partial charge in [0, 0.05) is 7.11 Å². The zero-order chi connectivity index (χ0) is 15.3. The Labute approximate surface area is 114 Å². The molecule has 0 fully saturated rings. The summed E-state index contributed by atoms with van der Waals surface area (Å²) in [5, 5.41) is 17.5. The molecule has 108 valence electrons. The molecule has 9 heteroatoms. The molecule has 0 bridgehead atoms. The fraction of sp³-hybridized carbons (Fsp3) is 0.273. The summed E-state index contributed by atoms with van der Waals surface area (Å²) in [5.41, 5.74) is -0.452. The molecular formula is C11H11FN2O5S. The molecule has 0 aromatic heterocycles. The molecule has 0 heterocycles. The lowest BCUT2D eigenvalue weighted by molar-refractivity contribution is -0.140. The average molecular weight is 302 g/mol. The number of nitrogens with one attached hydrogen (secondary N) is 1. The van der Waals surface area contributed by atoms with Crippen LogP contribution in [0.25, 0.3) is 0 Å². The third kappa shape index (κ3) is 3.74. The van der Waals surface area contributed by atoms with Gasteiger partial charge >= 0.3 is 5.97 Å². The van der Waals surface area contributed by atoms with E-state index in [1.807, 2.05) is 4.72 Å². The van der Waals surface area contributed by atoms with Crippen LogP contribution in [0.15, 0.2) is 23.1 Å². The Bertz CT molecular complexity index is 653. The Morgan fingerprint density at radius 3 is 2.75 bits per heavy atom. The molecule has 1 rings (SSSR count). The third-order valence-electron chi connectivity index (χ3n) is 2.30. The van der Waals surface area contributed by atoms with E-state index in [-0.39, 0.29) is 6.61 Å². The maximum absolute atomic E-state index is 13.1. The zero-order valence-corrected chi connectivity index (χ0v) is 11.1. The number of hydrogen-bond acceptors (Lipinski definition) is 5. The number of sulfonamides is 1. The SMILES string of the molecule is COCC(NS(=O)(=O)c1ccc(F)c(C#N)c1)C(=O)O. The highest BCUT2D eigenvalue weighted by Crippen LogP contribution is 2.14. The summed E-state index contributed by atoms with van der Waals surface area (Å²) in [6.45, 7) is -0.374. The van der Waals surface area contributed by atoms with Crippen LogP contribution >= 0.6 is 0 Å². The maximum atomic E-state index is 13.1. The molecule has 1 unspecified atom stereocenters. The topological polar surface area (TPSA) is 116 Å². The summed E-state index contributed by atoms with van der Waals surface area (Å²) in [6.07, 6.45) is 0. The fourth-order valence-corrected chi connectivity index (χ4v) is 2.53. The van der Waals surface area contributed by atoms with Crippen LogP contribution in [0.3, 0.4) is 0 Å². The van der Waals surface area contributed by atoms with Crippen LogP contribution in [0.1, 0.15) is 5.56 Å². The summed E-state index contributed by atoms with van der Waals surface area (Å²) in [5.74, 6) is -2.28. The molecule has 1 atom stereocenters. The molecule has 0 aliphatic rings. The summed E-state index contributed by atoms with van der Waals surface area (Å²) >= 11 is 0. The van der Waals surface area contributed by atoms with Gasteiger partial charge in [-0.15, -0.1) is 0 Å². The average Bonchev–Trinajstić information content (AvgIpc) is 2.38. The van der Waals surface area contributed by atoms with Crippen LogP contribution in [0, 0.1) is 17.1 Å². The number of carboxylic acids is 1. The van der Waals surface area contributed by atoms with Crippen molar-refractivity contribution in [2.24, 2.45) is 0 Å². The first-order valence-electron chi connectivity index (χ1n) is 5.25. The number of ether oxygens (including phenoxy) is 1. The number of rotatable bonds is 6. The van der Waals surface area contributed by atoms with E-state index in [0.717, 1.165) is 18.2 Å². The van der Waals surface area contributed by atoms with Gasteiger partial charge in [-0.05, 0) is 18.2 Å². The first-order valence-corrected chi connectivity index (χ1v) is 6.74. The molecule has 1 aromatic rings. The molecule has 0 amide bonds. The van der Waals surface area contributed by atoms with Gasteiger partial charge in [-0.25, -0.2) is 12.8 Å². The van der Waals surface area contributed by atoms with E-state index < -0.39 is 38.3 Å². The summed E-state index contributed by atoms with van der Waals surface area (Å²) in [4.78, 5) is 10.5. The second-order valence-corrected chi connectivity index (χ2v) is 5.43. The highest BCUT2D eigenvalue weighted by molar-refractivity contribution is 7.89. The molecule has 0 saturated heterocycles. The van der Waals surface area contributed by atoms with Crippen molar-refractivity contribution >= 4 is 16.0 Å². The summed E-state index contributed by atoms with van der Waals surface area (Å²) in [7, 11) is -2.99. The normalized spacial score (nSPS) is 12.7. The number of carbonyl (C=O) groups is 1. The van der Waals surface area contributed by atoms with Gasteiger partial charge in [0.2, 0.25) is 10.0 Å². The first kappa shape index (κ1) is 16.0. The minimum Gasteiger partial charge on any atom is -0.480 e. The van der Waals surface area contributed by atoms with Crippen molar-refractivity contribution in [1.82, 2.24) is 4.72 Å². The minimum atomic E-state index is -4.20. The van der Waals surface area contributed by atoms with E-state index in [4.69, 9.17) is 10.4 Å². The predicted molar refractivity (Wildman–Crippen MR) is 64.7 cm³/mol. The van der Waals surface area contributed by atoms with Crippen molar-refractivity contribution in [2.75, 3.05) is 13.7 Å². The van der Waals surface area contributed by atoms with Crippen LogP contribution in [0.5, 0.6) is 0 Å². The number of carboxylic acid groups (broad SMARTS) is 1. The summed E-state index contributed by atoms with van der Waals surface area (Å²) in [6, 6.07) is 2.59. The number of hydrogen-bond donors (Lipinski definition) is 2. The van der Waals surface area contributed by atoms with Gasteiger partial charge in [-0.2, -0.15) is 9.98 Å². The van der Waals surface area contributed by atoms with Crippen molar-refractivity contribution in [3.05, 3.63) is 29.6 Å². The van der Waals surface area contributed by atoms with Crippen molar-refractivity contribution in [2.45, 2.75) is 10.9 Å². The largest absolute Gasteiger partial charge is 0.480 e. The Morgan fingerprint density at radius 2 is 2.25 bits per heavy atom. The van der Waals surface area contributed by atoms with Crippen LogP contribution in [-0.2, 0) is 19.6 Å². The number of benzene rings is 1.